The number of ketones is 1. The topological polar surface area (TPSA) is 72.7 Å². The Morgan fingerprint density at radius 2 is 2.03 bits per heavy atom. The Hall–Kier alpha value is -1.16. The standard InChI is InChI=1S/C20H31N3O3S2Si/c1-11(16(24)13-9-23-10-21-18(27-6)19(23)28-13)15-14(17(25)22-15)12(2)26-29(7,8)20(3,4)5/h9-12,14-15H,1-8H3,(H,22,25)/t11?,12-,14-,15-/m1/s1. The number of rotatable bonds is 7. The van der Waals surface area contributed by atoms with Crippen molar-refractivity contribution in [1.82, 2.24) is 14.7 Å². The first-order chi connectivity index (χ1) is 13.4. The smallest absolute Gasteiger partial charge is 0.228 e. The van der Waals surface area contributed by atoms with Gasteiger partial charge in [0.15, 0.2) is 14.1 Å². The molecule has 1 N–H and O–H groups in total. The maximum absolute atomic E-state index is 13.2. The van der Waals surface area contributed by atoms with Crippen LogP contribution in [0.5, 0.6) is 0 Å². The van der Waals surface area contributed by atoms with Crippen molar-refractivity contribution in [2.45, 2.75) is 69.9 Å². The van der Waals surface area contributed by atoms with Crippen LogP contribution in [0, 0.1) is 11.8 Å². The van der Waals surface area contributed by atoms with E-state index in [9.17, 15) is 9.59 Å². The van der Waals surface area contributed by atoms with Gasteiger partial charge in [0.1, 0.15) is 16.2 Å². The zero-order valence-electron chi connectivity index (χ0n) is 18.4. The third-order valence-electron chi connectivity index (χ3n) is 6.36. The number of imidazole rings is 1. The van der Waals surface area contributed by atoms with E-state index in [0.29, 0.717) is 4.88 Å². The monoisotopic (exact) mass is 453 g/mol. The van der Waals surface area contributed by atoms with E-state index in [2.05, 4.69) is 44.2 Å². The van der Waals surface area contributed by atoms with Crippen LogP contribution in [0.1, 0.15) is 44.3 Å². The highest BCUT2D eigenvalue weighted by Gasteiger charge is 2.50. The van der Waals surface area contributed by atoms with Crippen molar-refractivity contribution in [3.05, 3.63) is 17.4 Å². The second-order valence-electron chi connectivity index (χ2n) is 9.36. The molecule has 0 bridgehead atoms. The van der Waals surface area contributed by atoms with Gasteiger partial charge in [-0.1, -0.05) is 27.7 Å². The lowest BCUT2D eigenvalue weighted by molar-refractivity contribution is -0.141. The SMILES string of the molecule is CSc1ncn2cc(C(=O)C(C)[C@H]3NC(=O)[C@@H]3[C@@H](C)O[Si](C)(C)C(C)(C)C)sc12. The van der Waals surface area contributed by atoms with E-state index in [-0.39, 0.29) is 40.7 Å². The van der Waals surface area contributed by atoms with Crippen molar-refractivity contribution < 1.29 is 14.0 Å². The minimum atomic E-state index is -2.00. The van der Waals surface area contributed by atoms with Gasteiger partial charge in [0.05, 0.1) is 22.9 Å². The summed E-state index contributed by atoms with van der Waals surface area (Å²) in [6, 6.07) is -0.200. The summed E-state index contributed by atoms with van der Waals surface area (Å²) in [5.41, 5.74) is 0. The summed E-state index contributed by atoms with van der Waals surface area (Å²) in [6.07, 6.45) is 5.35. The van der Waals surface area contributed by atoms with Crippen molar-refractivity contribution >= 4 is 47.9 Å². The Bertz CT molecular complexity index is 931. The van der Waals surface area contributed by atoms with E-state index in [1.165, 1.54) is 11.3 Å². The fourth-order valence-corrected chi connectivity index (χ4v) is 6.74. The first kappa shape index (κ1) is 22.5. The number of β-lactam (4-membered cyclic amide) rings is 1. The Morgan fingerprint density at radius 1 is 1.38 bits per heavy atom. The summed E-state index contributed by atoms with van der Waals surface area (Å²) >= 11 is 3.03. The molecule has 2 aromatic rings. The molecule has 6 nitrogen and oxygen atoms in total. The molecular formula is C20H31N3O3S2Si. The Kier molecular flexibility index (Phi) is 6.08. The zero-order chi connectivity index (χ0) is 21.7. The van der Waals surface area contributed by atoms with Crippen LogP contribution in [-0.4, -0.2) is 47.8 Å². The highest BCUT2D eigenvalue weighted by Crippen LogP contribution is 2.40. The van der Waals surface area contributed by atoms with Crippen molar-refractivity contribution in [2.75, 3.05) is 6.26 Å². The number of Topliss-reactive ketones (excluding diaryl/α,β-unsaturated/α-hetero) is 1. The summed E-state index contributed by atoms with van der Waals surface area (Å²) < 4.78 is 8.36. The van der Waals surface area contributed by atoms with Crippen LogP contribution >= 0.6 is 23.1 Å². The minimum absolute atomic E-state index is 0.0194. The lowest BCUT2D eigenvalue weighted by Crippen LogP contribution is -2.66. The lowest BCUT2D eigenvalue weighted by Gasteiger charge is -2.46. The van der Waals surface area contributed by atoms with E-state index in [1.807, 2.05) is 30.7 Å². The number of aromatic nitrogens is 2. The molecule has 0 spiro atoms. The molecule has 0 saturated carbocycles. The molecule has 9 heteroatoms. The van der Waals surface area contributed by atoms with Gasteiger partial charge in [-0.25, -0.2) is 4.98 Å². The lowest BCUT2D eigenvalue weighted by atomic mass is 9.77. The molecule has 0 aromatic carbocycles. The molecule has 0 aliphatic carbocycles. The van der Waals surface area contributed by atoms with Gasteiger partial charge in [0.2, 0.25) is 5.91 Å². The number of nitrogens with one attached hydrogen (secondary N) is 1. The van der Waals surface area contributed by atoms with Gasteiger partial charge in [-0.2, -0.15) is 0 Å². The fourth-order valence-electron chi connectivity index (χ4n) is 3.49. The third-order valence-corrected chi connectivity index (χ3v) is 12.9. The van der Waals surface area contributed by atoms with Crippen molar-refractivity contribution in [3.63, 3.8) is 0 Å². The van der Waals surface area contributed by atoms with E-state index < -0.39 is 8.32 Å². The van der Waals surface area contributed by atoms with Gasteiger partial charge in [-0.3, -0.25) is 14.0 Å². The molecule has 4 atom stereocenters. The molecule has 1 saturated heterocycles. The number of nitrogens with zero attached hydrogens (tertiary/aromatic N) is 2. The summed E-state index contributed by atoms with van der Waals surface area (Å²) in [5.74, 6) is -0.566. The Balaban J connectivity index is 1.75. The number of hydrogen-bond donors (Lipinski definition) is 1. The molecule has 1 fully saturated rings. The maximum atomic E-state index is 13.2. The second kappa shape index (κ2) is 7.83. The average Bonchev–Trinajstić information content (AvgIpc) is 3.16. The third kappa shape index (κ3) is 4.06. The highest BCUT2D eigenvalue weighted by molar-refractivity contribution is 7.98. The van der Waals surface area contributed by atoms with E-state index in [4.69, 9.17) is 4.43 Å². The summed E-state index contributed by atoms with van der Waals surface area (Å²) in [4.78, 5) is 31.5. The van der Waals surface area contributed by atoms with Crippen LogP contribution in [-0.2, 0) is 9.22 Å². The number of thiazole rings is 1. The van der Waals surface area contributed by atoms with Crippen LogP contribution in [0.2, 0.25) is 18.1 Å². The molecule has 3 rings (SSSR count). The largest absolute Gasteiger partial charge is 0.413 e. The molecule has 1 unspecified atom stereocenters. The fraction of sp³-hybridized carbons (Fsp3) is 0.650. The number of hydrogen-bond acceptors (Lipinski definition) is 6. The molecular weight excluding hydrogens is 422 g/mol. The highest BCUT2D eigenvalue weighted by atomic mass is 32.2. The van der Waals surface area contributed by atoms with E-state index in [1.54, 1.807) is 18.1 Å². The number of carbonyl (C=O) groups is 2. The minimum Gasteiger partial charge on any atom is -0.413 e. The van der Waals surface area contributed by atoms with Gasteiger partial charge in [0.25, 0.3) is 0 Å². The van der Waals surface area contributed by atoms with Gasteiger partial charge in [-0.05, 0) is 31.3 Å². The normalized spacial score (nSPS) is 22.3. The molecule has 0 radical (unpaired) electrons. The molecule has 1 aliphatic heterocycles. The average molecular weight is 454 g/mol. The number of thioether (sulfide) groups is 1. The predicted molar refractivity (Wildman–Crippen MR) is 122 cm³/mol. The van der Waals surface area contributed by atoms with Crippen LogP contribution in [0.3, 0.4) is 0 Å². The van der Waals surface area contributed by atoms with Crippen molar-refractivity contribution in [2.24, 2.45) is 11.8 Å². The molecule has 160 valence electrons. The number of amides is 1. The Morgan fingerprint density at radius 3 is 2.59 bits per heavy atom. The van der Waals surface area contributed by atoms with E-state index >= 15 is 0 Å². The summed E-state index contributed by atoms with van der Waals surface area (Å²) in [7, 11) is -2.00. The van der Waals surface area contributed by atoms with Gasteiger partial charge < -0.3 is 9.74 Å². The zero-order valence-corrected chi connectivity index (χ0v) is 21.0. The maximum Gasteiger partial charge on any atom is 0.228 e. The van der Waals surface area contributed by atoms with Crippen LogP contribution in [0.25, 0.3) is 4.83 Å². The summed E-state index contributed by atoms with van der Waals surface area (Å²) in [6.45, 7) is 14.8. The quantitative estimate of drug-likeness (QED) is 0.290. The first-order valence-electron chi connectivity index (χ1n) is 9.90. The van der Waals surface area contributed by atoms with Crippen molar-refractivity contribution in [3.8, 4) is 0 Å². The molecule has 1 aliphatic rings. The molecule has 3 heterocycles. The molecule has 29 heavy (non-hydrogen) atoms. The van der Waals surface area contributed by atoms with Crippen LogP contribution < -0.4 is 5.32 Å². The molecule has 2 aromatic heterocycles. The van der Waals surface area contributed by atoms with Gasteiger partial charge in [-0.15, -0.1) is 23.1 Å². The van der Waals surface area contributed by atoms with E-state index in [0.717, 1.165) is 9.86 Å². The van der Waals surface area contributed by atoms with Gasteiger partial charge in [0, 0.05) is 12.1 Å². The van der Waals surface area contributed by atoms with Crippen LogP contribution in [0.4, 0.5) is 0 Å². The molecule has 1 amide bonds. The predicted octanol–water partition coefficient (Wildman–Crippen LogP) is 4.46. The second-order valence-corrected chi connectivity index (χ2v) is 15.9. The van der Waals surface area contributed by atoms with Gasteiger partial charge >= 0.3 is 0 Å². The Labute approximate surface area is 181 Å². The van der Waals surface area contributed by atoms with Crippen molar-refractivity contribution in [1.29, 1.82) is 0 Å². The number of fused-ring (bicyclic) bond motifs is 1. The first-order valence-corrected chi connectivity index (χ1v) is 14.8. The van der Waals surface area contributed by atoms with Crippen LogP contribution in [0.15, 0.2) is 17.6 Å². The summed E-state index contributed by atoms with van der Waals surface area (Å²) in [5, 5.41) is 3.95. The number of carbonyl (C=O) groups excluding carboxylic acids is 2.